The van der Waals surface area contributed by atoms with Crippen molar-refractivity contribution in [3.05, 3.63) is 48.0 Å². The molecule has 1 N–H and O–H groups in total. The number of fused-ring (bicyclic) bond motifs is 1. The van der Waals surface area contributed by atoms with Crippen molar-refractivity contribution in [3.63, 3.8) is 0 Å². The van der Waals surface area contributed by atoms with Crippen LogP contribution in [0.5, 0.6) is 5.75 Å². The molecule has 2 aromatic carbocycles. The van der Waals surface area contributed by atoms with E-state index in [0.717, 1.165) is 53.9 Å². The highest BCUT2D eigenvalue weighted by Gasteiger charge is 2.19. The van der Waals surface area contributed by atoms with Gasteiger partial charge in [0.25, 0.3) is 0 Å². The van der Waals surface area contributed by atoms with E-state index < -0.39 is 0 Å². The number of aromatic nitrogens is 1. The molecule has 158 valence electrons. The zero-order valence-corrected chi connectivity index (χ0v) is 18.1. The lowest BCUT2D eigenvalue weighted by Crippen LogP contribution is -2.00. The van der Waals surface area contributed by atoms with Crippen LogP contribution in [0.4, 0.5) is 5.69 Å². The first-order valence-electron chi connectivity index (χ1n) is 10.0. The average molecular weight is 408 g/mol. The smallest absolute Gasteiger partial charge is 0.211 e. The molecule has 1 aromatic heterocycles. The summed E-state index contributed by atoms with van der Waals surface area (Å²) >= 11 is 0. The van der Waals surface area contributed by atoms with Crippen LogP contribution in [0.25, 0.3) is 22.2 Å². The van der Waals surface area contributed by atoms with Crippen LogP contribution in [-0.4, -0.2) is 31.8 Å². The minimum atomic E-state index is 0.616. The average Bonchev–Trinajstić information content (AvgIpc) is 3.08. The lowest BCUT2D eigenvalue weighted by Gasteiger charge is -2.11. The zero-order chi connectivity index (χ0) is 21.9. The largest absolute Gasteiger partial charge is 0.497 e. The molecule has 0 aliphatic rings. The highest BCUT2D eigenvalue weighted by atomic mass is 16.5. The molecular weight excluding hydrogens is 378 g/mol. The second-order valence-corrected chi connectivity index (χ2v) is 6.71. The monoisotopic (exact) mass is 407 g/mol. The van der Waals surface area contributed by atoms with E-state index in [1.807, 2.05) is 42.5 Å². The first kappa shape index (κ1) is 23.0. The summed E-state index contributed by atoms with van der Waals surface area (Å²) in [5.41, 5.74) is 4.07. The quantitative estimate of drug-likeness (QED) is 0.520. The van der Waals surface area contributed by atoms with Crippen LogP contribution in [0.15, 0.2) is 42.5 Å². The topological polar surface area (TPSA) is 76.3 Å². The molecule has 30 heavy (non-hydrogen) atoms. The highest BCUT2D eigenvalue weighted by Crippen LogP contribution is 2.36. The van der Waals surface area contributed by atoms with Gasteiger partial charge in [-0.05, 0) is 43.2 Å². The number of carbonyl (C=O) groups is 1. The van der Waals surface area contributed by atoms with Gasteiger partial charge in [0.2, 0.25) is 6.41 Å². The summed E-state index contributed by atoms with van der Waals surface area (Å²) in [4.78, 5) is 10.7. The molecule has 6 nitrogen and oxygen atoms in total. The van der Waals surface area contributed by atoms with Gasteiger partial charge >= 0.3 is 0 Å². The number of nitrogens with zero attached hydrogens (tertiary/aromatic N) is 2. The van der Waals surface area contributed by atoms with Gasteiger partial charge in [-0.25, -0.2) is 0 Å². The van der Waals surface area contributed by atoms with E-state index in [1.165, 1.54) is 0 Å². The summed E-state index contributed by atoms with van der Waals surface area (Å²) in [6.45, 7) is 5.88. The van der Waals surface area contributed by atoms with Crippen molar-refractivity contribution in [2.75, 3.05) is 26.1 Å². The highest BCUT2D eigenvalue weighted by molar-refractivity contribution is 5.95. The van der Waals surface area contributed by atoms with Crippen molar-refractivity contribution >= 4 is 23.0 Å². The van der Waals surface area contributed by atoms with Crippen LogP contribution in [0.2, 0.25) is 0 Å². The Balaban J connectivity index is 0.000000575. The van der Waals surface area contributed by atoms with Crippen LogP contribution >= 0.6 is 0 Å². The van der Waals surface area contributed by atoms with Gasteiger partial charge in [-0.3, -0.25) is 4.79 Å². The molecule has 0 aliphatic carbocycles. The van der Waals surface area contributed by atoms with Crippen molar-refractivity contribution in [2.24, 2.45) is 0 Å². The number of aryl methyl sites for hydroxylation is 1. The Labute approximate surface area is 178 Å². The Morgan fingerprint density at radius 2 is 1.93 bits per heavy atom. The maximum Gasteiger partial charge on any atom is 0.211 e. The minimum absolute atomic E-state index is 0.616. The molecule has 0 bridgehead atoms. The lowest BCUT2D eigenvalue weighted by atomic mass is 10.1. The van der Waals surface area contributed by atoms with Crippen LogP contribution in [0.1, 0.15) is 32.3 Å². The van der Waals surface area contributed by atoms with Crippen molar-refractivity contribution in [3.8, 4) is 23.1 Å². The Kier molecular flexibility index (Phi) is 8.92. The fourth-order valence-corrected chi connectivity index (χ4v) is 3.36. The van der Waals surface area contributed by atoms with Crippen LogP contribution in [-0.2, 0) is 16.1 Å². The van der Waals surface area contributed by atoms with Gasteiger partial charge in [-0.2, -0.15) is 5.26 Å². The second-order valence-electron chi connectivity index (χ2n) is 6.71. The van der Waals surface area contributed by atoms with E-state index in [4.69, 9.17) is 9.47 Å². The predicted octanol–water partition coefficient (Wildman–Crippen LogP) is 5.21. The maximum absolute atomic E-state index is 10.7. The standard InChI is InChI=1S/C20H19N3O2.C4H10O/c1-3-9-23-19-8-7-16(25-2)11-17(19)18(12-21)20(23)14-5-4-6-15(10-14)22-13-24;1-3-4-5-2/h4-8,10-11,13H,3,9H2,1-2H3,(H,22,24);3-4H2,1-2H3. The first-order chi connectivity index (χ1) is 14.6. The third kappa shape index (κ3) is 5.19. The van der Waals surface area contributed by atoms with Gasteiger partial charge in [0, 0.05) is 36.9 Å². The summed E-state index contributed by atoms with van der Waals surface area (Å²) in [5.74, 6) is 0.723. The number of anilines is 1. The van der Waals surface area contributed by atoms with Crippen molar-refractivity contribution < 1.29 is 14.3 Å². The molecule has 0 aliphatic heterocycles. The normalized spacial score (nSPS) is 10.1. The third-order valence-electron chi connectivity index (χ3n) is 4.60. The van der Waals surface area contributed by atoms with E-state index in [9.17, 15) is 10.1 Å². The lowest BCUT2D eigenvalue weighted by molar-refractivity contribution is -0.105. The Morgan fingerprint density at radius 3 is 2.50 bits per heavy atom. The molecule has 3 rings (SSSR count). The predicted molar refractivity (Wildman–Crippen MR) is 121 cm³/mol. The van der Waals surface area contributed by atoms with E-state index in [-0.39, 0.29) is 0 Å². The number of nitriles is 1. The second kappa shape index (κ2) is 11.6. The van der Waals surface area contributed by atoms with E-state index >= 15 is 0 Å². The molecule has 3 aromatic rings. The van der Waals surface area contributed by atoms with E-state index in [0.29, 0.717) is 17.7 Å². The minimum Gasteiger partial charge on any atom is -0.497 e. The van der Waals surface area contributed by atoms with E-state index in [2.05, 4.69) is 29.8 Å². The van der Waals surface area contributed by atoms with Gasteiger partial charge < -0.3 is 19.4 Å². The Morgan fingerprint density at radius 1 is 1.13 bits per heavy atom. The number of hydrogen-bond donors (Lipinski definition) is 1. The number of benzene rings is 2. The summed E-state index contributed by atoms with van der Waals surface area (Å²) in [7, 11) is 3.33. The molecular formula is C24H29N3O3. The fraction of sp³-hybridized carbons (Fsp3) is 0.333. The summed E-state index contributed by atoms with van der Waals surface area (Å²) in [6, 6.07) is 15.7. The van der Waals surface area contributed by atoms with Gasteiger partial charge in [-0.1, -0.05) is 26.0 Å². The summed E-state index contributed by atoms with van der Waals surface area (Å²) in [6.07, 6.45) is 2.72. The molecule has 0 unspecified atom stereocenters. The molecule has 0 fully saturated rings. The number of hydrogen-bond acceptors (Lipinski definition) is 4. The van der Waals surface area contributed by atoms with Crippen LogP contribution < -0.4 is 10.1 Å². The van der Waals surface area contributed by atoms with Crippen molar-refractivity contribution in [1.82, 2.24) is 4.57 Å². The van der Waals surface area contributed by atoms with Gasteiger partial charge in [-0.15, -0.1) is 0 Å². The van der Waals surface area contributed by atoms with Gasteiger partial charge in [0.05, 0.1) is 23.9 Å². The maximum atomic E-state index is 10.7. The number of amides is 1. The number of methoxy groups -OCH3 is 2. The molecule has 0 saturated carbocycles. The van der Waals surface area contributed by atoms with Crippen molar-refractivity contribution in [2.45, 2.75) is 33.2 Å². The van der Waals surface area contributed by atoms with Crippen LogP contribution in [0, 0.1) is 11.3 Å². The molecule has 0 radical (unpaired) electrons. The number of rotatable bonds is 8. The third-order valence-corrected chi connectivity index (χ3v) is 4.60. The van der Waals surface area contributed by atoms with E-state index in [1.54, 1.807) is 14.2 Å². The number of ether oxygens (including phenoxy) is 2. The molecule has 1 heterocycles. The zero-order valence-electron chi connectivity index (χ0n) is 18.1. The van der Waals surface area contributed by atoms with Crippen molar-refractivity contribution in [1.29, 1.82) is 5.26 Å². The molecule has 0 atom stereocenters. The SMILES string of the molecule is CCCOC.CCCn1c(-c2cccc(NC=O)c2)c(C#N)c2cc(OC)ccc21. The number of carbonyl (C=O) groups excluding carboxylic acids is 1. The summed E-state index contributed by atoms with van der Waals surface area (Å²) in [5, 5.41) is 13.4. The fourth-order valence-electron chi connectivity index (χ4n) is 3.36. The Bertz CT molecular complexity index is 1020. The number of nitrogens with one attached hydrogen (secondary N) is 1. The molecule has 1 amide bonds. The van der Waals surface area contributed by atoms with Gasteiger partial charge in [0.1, 0.15) is 11.8 Å². The summed E-state index contributed by atoms with van der Waals surface area (Å²) < 4.78 is 12.2. The Hall–Kier alpha value is -3.30. The molecule has 6 heteroatoms. The van der Waals surface area contributed by atoms with Gasteiger partial charge in [0.15, 0.2) is 0 Å². The molecule has 0 saturated heterocycles. The molecule has 0 spiro atoms. The van der Waals surface area contributed by atoms with Crippen LogP contribution in [0.3, 0.4) is 0 Å². The first-order valence-corrected chi connectivity index (χ1v) is 10.0.